The molecule has 2 rings (SSSR count). The van der Waals surface area contributed by atoms with Gasteiger partial charge in [-0.15, -0.1) is 0 Å². The summed E-state index contributed by atoms with van der Waals surface area (Å²) in [6.07, 6.45) is -0.921. The highest BCUT2D eigenvalue weighted by Crippen LogP contribution is 2.39. The molecule has 16 heavy (non-hydrogen) atoms. The molecule has 0 aliphatic carbocycles. The fourth-order valence-electron chi connectivity index (χ4n) is 2.37. The zero-order valence-corrected chi connectivity index (χ0v) is 9.80. The van der Waals surface area contributed by atoms with Crippen molar-refractivity contribution >= 4 is 5.78 Å². The van der Waals surface area contributed by atoms with Crippen LogP contribution in [0, 0.1) is 0 Å². The van der Waals surface area contributed by atoms with E-state index in [1.165, 1.54) is 6.92 Å². The van der Waals surface area contributed by atoms with Gasteiger partial charge in [0.15, 0.2) is 5.79 Å². The molecule has 4 unspecified atom stereocenters. The molecule has 5 heteroatoms. The number of carbonyl (C=O) groups is 1. The summed E-state index contributed by atoms with van der Waals surface area (Å²) in [5.41, 5.74) is 0. The molecule has 4 atom stereocenters. The van der Waals surface area contributed by atoms with Crippen molar-refractivity contribution in [3.8, 4) is 0 Å². The molecule has 2 aliphatic rings. The average molecular weight is 230 g/mol. The van der Waals surface area contributed by atoms with Gasteiger partial charge in [-0.05, 0) is 20.8 Å². The van der Waals surface area contributed by atoms with Crippen LogP contribution in [-0.2, 0) is 19.0 Å². The smallest absolute Gasteiger partial charge is 0.164 e. The van der Waals surface area contributed by atoms with Crippen molar-refractivity contribution in [2.24, 2.45) is 0 Å². The zero-order valence-electron chi connectivity index (χ0n) is 9.80. The molecule has 0 saturated carbocycles. The standard InChI is InChI=1S/C11H18O5/c1-6(13)4-7-9-10(8(5-12)14-7)16-11(2,3)15-9/h7-10,12H,4-5H2,1-3H3. The number of Topliss-reactive ketones (excluding diaryl/α,β-unsaturated/α-hetero) is 1. The van der Waals surface area contributed by atoms with Crippen molar-refractivity contribution in [2.75, 3.05) is 6.61 Å². The molecule has 0 bridgehead atoms. The predicted octanol–water partition coefficient (Wildman–Crippen LogP) is 0.245. The van der Waals surface area contributed by atoms with Gasteiger partial charge in [0.25, 0.3) is 0 Å². The van der Waals surface area contributed by atoms with E-state index in [-0.39, 0.29) is 30.7 Å². The summed E-state index contributed by atoms with van der Waals surface area (Å²) in [6.45, 7) is 5.05. The van der Waals surface area contributed by atoms with E-state index in [0.717, 1.165) is 0 Å². The SMILES string of the molecule is CC(=O)CC1OC(CO)C2OC(C)(C)OC12. The predicted molar refractivity (Wildman–Crippen MR) is 54.9 cm³/mol. The summed E-state index contributed by atoms with van der Waals surface area (Å²) < 4.78 is 16.9. The third-order valence-electron chi connectivity index (χ3n) is 2.91. The second kappa shape index (κ2) is 4.07. The Morgan fingerprint density at radius 2 is 1.81 bits per heavy atom. The molecule has 5 nitrogen and oxygen atoms in total. The van der Waals surface area contributed by atoms with Gasteiger partial charge in [0.1, 0.15) is 24.1 Å². The molecule has 2 aliphatic heterocycles. The molecule has 2 saturated heterocycles. The molecule has 1 N–H and O–H groups in total. The maximum Gasteiger partial charge on any atom is 0.164 e. The van der Waals surface area contributed by atoms with Gasteiger partial charge >= 0.3 is 0 Å². The molecular weight excluding hydrogens is 212 g/mol. The van der Waals surface area contributed by atoms with Crippen LogP contribution in [0.15, 0.2) is 0 Å². The second-order valence-corrected chi connectivity index (χ2v) is 4.87. The lowest BCUT2D eigenvalue weighted by molar-refractivity contribution is -0.191. The van der Waals surface area contributed by atoms with Crippen LogP contribution in [0.2, 0.25) is 0 Å². The lowest BCUT2D eigenvalue weighted by atomic mass is 10.0. The summed E-state index contributed by atoms with van der Waals surface area (Å²) in [4.78, 5) is 11.1. The van der Waals surface area contributed by atoms with Gasteiger partial charge in [0, 0.05) is 6.42 Å². The third-order valence-corrected chi connectivity index (χ3v) is 2.91. The van der Waals surface area contributed by atoms with E-state index < -0.39 is 11.9 Å². The summed E-state index contributed by atoms with van der Waals surface area (Å²) >= 11 is 0. The quantitative estimate of drug-likeness (QED) is 0.752. The van der Waals surface area contributed by atoms with Crippen LogP contribution in [-0.4, -0.2) is 47.7 Å². The van der Waals surface area contributed by atoms with E-state index in [2.05, 4.69) is 0 Å². The van der Waals surface area contributed by atoms with Crippen molar-refractivity contribution in [1.29, 1.82) is 0 Å². The molecule has 0 aromatic rings. The van der Waals surface area contributed by atoms with Crippen LogP contribution < -0.4 is 0 Å². The number of hydrogen-bond donors (Lipinski definition) is 1. The Hall–Kier alpha value is -0.490. The highest BCUT2D eigenvalue weighted by atomic mass is 16.8. The Bertz CT molecular complexity index is 288. The van der Waals surface area contributed by atoms with Gasteiger partial charge in [-0.2, -0.15) is 0 Å². The van der Waals surface area contributed by atoms with Crippen LogP contribution in [0.5, 0.6) is 0 Å². The molecule has 2 fully saturated rings. The Morgan fingerprint density at radius 1 is 1.25 bits per heavy atom. The molecule has 0 radical (unpaired) electrons. The first-order valence-corrected chi connectivity index (χ1v) is 5.54. The average Bonchev–Trinajstić information content (AvgIpc) is 2.60. The van der Waals surface area contributed by atoms with Gasteiger partial charge in [-0.1, -0.05) is 0 Å². The van der Waals surface area contributed by atoms with Gasteiger partial charge in [-0.3, -0.25) is 4.79 Å². The molecule has 2 heterocycles. The van der Waals surface area contributed by atoms with Crippen LogP contribution >= 0.6 is 0 Å². The van der Waals surface area contributed by atoms with E-state index >= 15 is 0 Å². The zero-order chi connectivity index (χ0) is 11.9. The number of fused-ring (bicyclic) bond motifs is 1. The van der Waals surface area contributed by atoms with E-state index in [4.69, 9.17) is 14.2 Å². The summed E-state index contributed by atoms with van der Waals surface area (Å²) in [6, 6.07) is 0. The van der Waals surface area contributed by atoms with Crippen molar-refractivity contribution in [3.05, 3.63) is 0 Å². The van der Waals surface area contributed by atoms with Gasteiger partial charge in [0.05, 0.1) is 12.7 Å². The number of aliphatic hydroxyl groups excluding tert-OH is 1. The first-order chi connectivity index (χ1) is 7.43. The molecule has 0 aromatic heterocycles. The minimum Gasteiger partial charge on any atom is -0.394 e. The van der Waals surface area contributed by atoms with E-state index in [0.29, 0.717) is 6.42 Å². The third kappa shape index (κ3) is 2.13. The number of carbonyl (C=O) groups excluding carboxylic acids is 1. The van der Waals surface area contributed by atoms with Crippen molar-refractivity contribution < 1.29 is 24.1 Å². The molecule has 0 spiro atoms. The monoisotopic (exact) mass is 230 g/mol. The molecular formula is C11H18O5. The Labute approximate surface area is 94.7 Å². The maximum atomic E-state index is 11.1. The first kappa shape index (κ1) is 12.0. The topological polar surface area (TPSA) is 65.0 Å². The van der Waals surface area contributed by atoms with E-state index in [1.807, 2.05) is 13.8 Å². The maximum absolute atomic E-state index is 11.1. The summed E-state index contributed by atoms with van der Waals surface area (Å²) in [5.74, 6) is -0.614. The Morgan fingerprint density at radius 3 is 2.31 bits per heavy atom. The summed E-state index contributed by atoms with van der Waals surface area (Å²) in [5, 5.41) is 9.19. The second-order valence-electron chi connectivity index (χ2n) is 4.87. The fraction of sp³-hybridized carbons (Fsp3) is 0.909. The number of hydrogen-bond acceptors (Lipinski definition) is 5. The van der Waals surface area contributed by atoms with Crippen LogP contribution in [0.3, 0.4) is 0 Å². The Kier molecular flexibility index (Phi) is 3.05. The normalized spacial score (nSPS) is 41.0. The largest absolute Gasteiger partial charge is 0.394 e. The fourth-order valence-corrected chi connectivity index (χ4v) is 2.37. The number of aliphatic hydroxyl groups is 1. The highest BCUT2D eigenvalue weighted by Gasteiger charge is 2.54. The van der Waals surface area contributed by atoms with Gasteiger partial charge in [-0.25, -0.2) is 0 Å². The van der Waals surface area contributed by atoms with Crippen molar-refractivity contribution in [2.45, 2.75) is 57.4 Å². The van der Waals surface area contributed by atoms with E-state index in [1.54, 1.807) is 0 Å². The number of ketones is 1. The van der Waals surface area contributed by atoms with Crippen LogP contribution in [0.1, 0.15) is 27.2 Å². The lowest BCUT2D eigenvalue weighted by Crippen LogP contribution is -2.31. The van der Waals surface area contributed by atoms with Gasteiger partial charge < -0.3 is 19.3 Å². The van der Waals surface area contributed by atoms with Gasteiger partial charge in [0.2, 0.25) is 0 Å². The molecule has 0 amide bonds. The lowest BCUT2D eigenvalue weighted by Gasteiger charge is -2.23. The highest BCUT2D eigenvalue weighted by molar-refractivity contribution is 5.76. The summed E-state index contributed by atoms with van der Waals surface area (Å²) in [7, 11) is 0. The Balaban J connectivity index is 2.11. The first-order valence-electron chi connectivity index (χ1n) is 5.54. The molecule has 92 valence electrons. The number of ether oxygens (including phenoxy) is 3. The minimum absolute atomic E-state index is 0.0515. The molecule has 0 aromatic carbocycles. The van der Waals surface area contributed by atoms with Crippen molar-refractivity contribution in [1.82, 2.24) is 0 Å². The minimum atomic E-state index is -0.665. The van der Waals surface area contributed by atoms with E-state index in [9.17, 15) is 9.90 Å². The number of rotatable bonds is 3. The van der Waals surface area contributed by atoms with Crippen LogP contribution in [0.25, 0.3) is 0 Å². The van der Waals surface area contributed by atoms with Crippen LogP contribution in [0.4, 0.5) is 0 Å². The van der Waals surface area contributed by atoms with Crippen molar-refractivity contribution in [3.63, 3.8) is 0 Å².